The number of aliphatic hydroxyl groups is 1. The topological polar surface area (TPSA) is 102 Å². The van der Waals surface area contributed by atoms with E-state index in [-0.39, 0.29) is 24.1 Å². The first kappa shape index (κ1) is 19.4. The summed E-state index contributed by atoms with van der Waals surface area (Å²) in [4.78, 5) is 24.8. The maximum atomic E-state index is 11.0. The van der Waals surface area contributed by atoms with E-state index in [1.807, 2.05) is 23.9 Å². The van der Waals surface area contributed by atoms with Gasteiger partial charge in [0, 0.05) is 31.1 Å². The second kappa shape index (κ2) is 7.48. The summed E-state index contributed by atoms with van der Waals surface area (Å²) in [6.45, 7) is 1.71. The van der Waals surface area contributed by atoms with Crippen LogP contribution in [-0.4, -0.2) is 76.9 Å². The largest absolute Gasteiger partial charge is 0.480 e. The zero-order chi connectivity index (χ0) is 19.9. The van der Waals surface area contributed by atoms with Gasteiger partial charge in [0.1, 0.15) is 5.82 Å². The van der Waals surface area contributed by atoms with Crippen LogP contribution in [0.15, 0.2) is 0 Å². The molecule has 3 aliphatic rings. The molecule has 1 aromatic heterocycles. The van der Waals surface area contributed by atoms with Crippen LogP contribution < -0.4 is 10.2 Å². The molecule has 0 radical (unpaired) electrons. The Morgan fingerprint density at radius 1 is 1.25 bits per heavy atom. The highest BCUT2D eigenvalue weighted by Gasteiger charge is 2.44. The Kier molecular flexibility index (Phi) is 5.18. The predicted molar refractivity (Wildman–Crippen MR) is 107 cm³/mol. The van der Waals surface area contributed by atoms with Gasteiger partial charge in [-0.05, 0) is 58.0 Å². The standard InChI is InChI=1S/C20H31N5O3/c1-24(2)19-22-17-15(18(23-19)21-13-3-4-14(26)11-13)5-6-20(17)7-9-25(10-8-20)12-16(27)28/h13-14,26H,3-12H2,1-2H3,(H,27,28)(H,21,22,23). The van der Waals surface area contributed by atoms with E-state index in [0.717, 1.165) is 69.5 Å². The smallest absolute Gasteiger partial charge is 0.317 e. The molecule has 2 atom stereocenters. The highest BCUT2D eigenvalue weighted by atomic mass is 16.4. The normalized spacial score (nSPS) is 26.4. The number of hydrogen-bond donors (Lipinski definition) is 3. The number of hydrogen-bond acceptors (Lipinski definition) is 7. The maximum absolute atomic E-state index is 11.0. The number of rotatable bonds is 5. The molecular formula is C20H31N5O3. The van der Waals surface area contributed by atoms with Crippen molar-refractivity contribution in [3.05, 3.63) is 11.3 Å². The summed E-state index contributed by atoms with van der Waals surface area (Å²) in [5.41, 5.74) is 2.41. The monoisotopic (exact) mass is 389 g/mol. The van der Waals surface area contributed by atoms with Gasteiger partial charge in [-0.2, -0.15) is 4.98 Å². The fourth-order valence-electron chi connectivity index (χ4n) is 5.05. The molecule has 1 aliphatic heterocycles. The number of nitrogens with zero attached hydrogens (tertiary/aromatic N) is 4. The highest BCUT2D eigenvalue weighted by molar-refractivity contribution is 5.69. The van der Waals surface area contributed by atoms with Crippen molar-refractivity contribution in [3.8, 4) is 0 Å². The molecule has 1 spiro atoms. The first-order valence-electron chi connectivity index (χ1n) is 10.3. The van der Waals surface area contributed by atoms with E-state index in [0.29, 0.717) is 5.95 Å². The van der Waals surface area contributed by atoms with E-state index in [1.54, 1.807) is 0 Å². The Labute approximate surface area is 166 Å². The number of fused-ring (bicyclic) bond motifs is 2. The van der Waals surface area contributed by atoms with E-state index >= 15 is 0 Å². The summed E-state index contributed by atoms with van der Waals surface area (Å²) in [5.74, 6) is 0.886. The summed E-state index contributed by atoms with van der Waals surface area (Å²) in [6.07, 6.45) is 6.26. The highest BCUT2D eigenvalue weighted by Crippen LogP contribution is 2.47. The molecule has 2 unspecified atom stereocenters. The lowest BCUT2D eigenvalue weighted by Gasteiger charge is -2.39. The van der Waals surface area contributed by atoms with Gasteiger partial charge in [-0.25, -0.2) is 4.98 Å². The minimum absolute atomic E-state index is 0.0314. The summed E-state index contributed by atoms with van der Waals surface area (Å²) >= 11 is 0. The third-order valence-corrected chi connectivity index (χ3v) is 6.67. The number of likely N-dealkylation sites (tertiary alicyclic amines) is 1. The molecule has 0 bridgehead atoms. The van der Waals surface area contributed by atoms with Gasteiger partial charge in [-0.15, -0.1) is 0 Å². The second-order valence-electron chi connectivity index (χ2n) is 8.85. The van der Waals surface area contributed by atoms with Crippen molar-refractivity contribution in [2.24, 2.45) is 0 Å². The van der Waals surface area contributed by atoms with E-state index in [9.17, 15) is 9.90 Å². The number of aliphatic hydroxyl groups excluding tert-OH is 1. The molecule has 2 fully saturated rings. The van der Waals surface area contributed by atoms with Crippen LogP contribution in [0.5, 0.6) is 0 Å². The molecule has 4 rings (SSSR count). The first-order valence-corrected chi connectivity index (χ1v) is 10.3. The zero-order valence-corrected chi connectivity index (χ0v) is 16.8. The predicted octanol–water partition coefficient (Wildman–Crippen LogP) is 1.23. The van der Waals surface area contributed by atoms with Crippen molar-refractivity contribution in [2.45, 2.75) is 62.5 Å². The first-order chi connectivity index (χ1) is 13.4. The van der Waals surface area contributed by atoms with Gasteiger partial charge < -0.3 is 20.4 Å². The maximum Gasteiger partial charge on any atom is 0.317 e. The lowest BCUT2D eigenvalue weighted by Crippen LogP contribution is -2.44. The van der Waals surface area contributed by atoms with Crippen LogP contribution in [0.25, 0.3) is 0 Å². The third-order valence-electron chi connectivity index (χ3n) is 6.67. The third kappa shape index (κ3) is 3.67. The van der Waals surface area contributed by atoms with Crippen LogP contribution in [0.3, 0.4) is 0 Å². The van der Waals surface area contributed by atoms with E-state index in [1.165, 1.54) is 5.56 Å². The molecular weight excluding hydrogens is 358 g/mol. The number of aromatic nitrogens is 2. The van der Waals surface area contributed by atoms with Crippen molar-refractivity contribution >= 4 is 17.7 Å². The van der Waals surface area contributed by atoms with Gasteiger partial charge in [0.15, 0.2) is 0 Å². The van der Waals surface area contributed by atoms with E-state index in [2.05, 4.69) is 5.32 Å². The van der Waals surface area contributed by atoms with E-state index < -0.39 is 5.97 Å². The van der Waals surface area contributed by atoms with Gasteiger partial charge >= 0.3 is 5.97 Å². The van der Waals surface area contributed by atoms with Gasteiger partial charge in [-0.1, -0.05) is 0 Å². The number of carbonyl (C=O) groups is 1. The summed E-state index contributed by atoms with van der Waals surface area (Å²) in [7, 11) is 3.92. The van der Waals surface area contributed by atoms with Gasteiger partial charge in [0.25, 0.3) is 0 Å². The summed E-state index contributed by atoms with van der Waals surface area (Å²) in [6, 6.07) is 0.262. The van der Waals surface area contributed by atoms with Crippen molar-refractivity contribution in [3.63, 3.8) is 0 Å². The molecule has 154 valence electrons. The van der Waals surface area contributed by atoms with Crippen molar-refractivity contribution < 1.29 is 15.0 Å². The number of carboxylic acid groups (broad SMARTS) is 1. The van der Waals surface area contributed by atoms with Crippen LogP contribution in [0.1, 0.15) is 49.8 Å². The lowest BCUT2D eigenvalue weighted by atomic mass is 9.76. The number of piperidine rings is 1. The number of aliphatic carboxylic acids is 1. The molecule has 8 heteroatoms. The Hall–Kier alpha value is -1.93. The van der Waals surface area contributed by atoms with Crippen molar-refractivity contribution in [1.82, 2.24) is 14.9 Å². The Morgan fingerprint density at radius 2 is 2.00 bits per heavy atom. The lowest BCUT2D eigenvalue weighted by molar-refractivity contribution is -0.138. The average Bonchev–Trinajstić information content (AvgIpc) is 3.21. The van der Waals surface area contributed by atoms with Gasteiger partial charge in [0.2, 0.25) is 5.95 Å². The molecule has 2 heterocycles. The van der Waals surface area contributed by atoms with Crippen LogP contribution in [0.2, 0.25) is 0 Å². The molecule has 1 saturated carbocycles. The molecule has 3 N–H and O–H groups in total. The summed E-state index contributed by atoms with van der Waals surface area (Å²) < 4.78 is 0. The quantitative estimate of drug-likeness (QED) is 0.691. The number of carboxylic acids is 1. The molecule has 2 aliphatic carbocycles. The Morgan fingerprint density at radius 3 is 2.61 bits per heavy atom. The number of nitrogens with one attached hydrogen (secondary N) is 1. The molecule has 0 aromatic carbocycles. The van der Waals surface area contributed by atoms with Crippen molar-refractivity contribution in [1.29, 1.82) is 0 Å². The fraction of sp³-hybridized carbons (Fsp3) is 0.750. The molecule has 1 saturated heterocycles. The molecule has 1 aromatic rings. The van der Waals surface area contributed by atoms with Gasteiger partial charge in [-0.3, -0.25) is 9.69 Å². The minimum atomic E-state index is -0.759. The summed E-state index contributed by atoms with van der Waals surface area (Å²) in [5, 5.41) is 22.5. The van der Waals surface area contributed by atoms with Crippen LogP contribution in [0.4, 0.5) is 11.8 Å². The average molecular weight is 390 g/mol. The SMILES string of the molecule is CN(C)c1nc(NC2CCC(O)C2)c2c(n1)C1(CC2)CCN(CC(=O)O)CC1. The second-order valence-corrected chi connectivity index (χ2v) is 8.85. The van der Waals surface area contributed by atoms with Crippen molar-refractivity contribution in [2.75, 3.05) is 43.9 Å². The molecule has 28 heavy (non-hydrogen) atoms. The molecule has 8 nitrogen and oxygen atoms in total. The Bertz CT molecular complexity index is 746. The van der Waals surface area contributed by atoms with Crippen LogP contribution in [-0.2, 0) is 16.6 Å². The van der Waals surface area contributed by atoms with Crippen LogP contribution in [0, 0.1) is 0 Å². The number of anilines is 2. The Balaban J connectivity index is 1.60. The van der Waals surface area contributed by atoms with Crippen LogP contribution >= 0.6 is 0 Å². The molecule has 0 amide bonds. The zero-order valence-electron chi connectivity index (χ0n) is 16.8. The minimum Gasteiger partial charge on any atom is -0.480 e. The fourth-order valence-corrected chi connectivity index (χ4v) is 5.05. The van der Waals surface area contributed by atoms with Gasteiger partial charge in [0.05, 0.1) is 18.3 Å². The van der Waals surface area contributed by atoms with E-state index in [4.69, 9.17) is 15.1 Å².